The van der Waals surface area contributed by atoms with Crippen LogP contribution in [0.15, 0.2) is 40.9 Å². The molecule has 0 amide bonds. The molecule has 0 fully saturated rings. The van der Waals surface area contributed by atoms with E-state index in [2.05, 4.69) is 10.3 Å². The van der Waals surface area contributed by atoms with E-state index in [1.54, 1.807) is 19.2 Å². The first-order valence-electron chi connectivity index (χ1n) is 8.87. The molecule has 3 aromatic rings. The second kappa shape index (κ2) is 6.53. The van der Waals surface area contributed by atoms with Gasteiger partial charge in [0.2, 0.25) is 0 Å². The summed E-state index contributed by atoms with van der Waals surface area (Å²) in [6.07, 6.45) is 4.70. The van der Waals surface area contributed by atoms with Gasteiger partial charge in [-0.15, -0.1) is 0 Å². The van der Waals surface area contributed by atoms with Crippen LogP contribution in [0.3, 0.4) is 0 Å². The number of fused-ring (bicyclic) bond motifs is 1. The quantitative estimate of drug-likeness (QED) is 0.735. The Bertz CT molecular complexity index is 919. The molecule has 1 aliphatic rings. The highest BCUT2D eigenvalue weighted by atomic mass is 16.4. The number of hydrogen-bond donors (Lipinski definition) is 2. The molecule has 3 aromatic heterocycles. The molecule has 6 nitrogen and oxygen atoms in total. The number of rotatable bonds is 5. The molecule has 1 aliphatic carbocycles. The number of aryl methyl sites for hydroxylation is 2. The van der Waals surface area contributed by atoms with Crippen molar-refractivity contribution in [1.82, 2.24) is 15.0 Å². The molecule has 0 aliphatic heterocycles. The highest BCUT2D eigenvalue weighted by molar-refractivity contribution is 5.57. The van der Waals surface area contributed by atoms with Gasteiger partial charge in [-0.1, -0.05) is 6.07 Å². The molecule has 0 saturated carbocycles. The van der Waals surface area contributed by atoms with Gasteiger partial charge >= 0.3 is 0 Å². The maximum atomic E-state index is 10.8. The summed E-state index contributed by atoms with van der Waals surface area (Å²) in [5, 5.41) is 14.1. The van der Waals surface area contributed by atoms with Gasteiger partial charge in [0.1, 0.15) is 28.6 Å². The van der Waals surface area contributed by atoms with Crippen LogP contribution in [-0.2, 0) is 18.4 Å². The van der Waals surface area contributed by atoms with Gasteiger partial charge in [-0.25, -0.2) is 9.97 Å². The number of nitrogens with one attached hydrogen (secondary N) is 1. The highest BCUT2D eigenvalue weighted by Gasteiger charge is 2.28. The van der Waals surface area contributed by atoms with Crippen LogP contribution >= 0.6 is 0 Å². The predicted molar refractivity (Wildman–Crippen MR) is 98.8 cm³/mol. The van der Waals surface area contributed by atoms with E-state index in [-0.39, 0.29) is 0 Å². The van der Waals surface area contributed by atoms with Crippen LogP contribution in [0.2, 0.25) is 0 Å². The Hall–Kier alpha value is -2.73. The minimum atomic E-state index is -1.13. The molecule has 4 rings (SSSR count). The first-order valence-corrected chi connectivity index (χ1v) is 8.87. The predicted octanol–water partition coefficient (Wildman–Crippen LogP) is 3.25. The number of aliphatic hydroxyl groups is 1. The lowest BCUT2D eigenvalue weighted by atomic mass is 10.0. The molecule has 6 heteroatoms. The van der Waals surface area contributed by atoms with E-state index in [9.17, 15) is 5.11 Å². The number of hydrogen-bond acceptors (Lipinski definition) is 6. The third-order valence-electron chi connectivity index (χ3n) is 4.70. The summed E-state index contributed by atoms with van der Waals surface area (Å²) in [7, 11) is 0. The normalized spacial score (nSPS) is 15.5. The molecular formula is C20H22N4O2. The van der Waals surface area contributed by atoms with Crippen LogP contribution in [0.1, 0.15) is 36.1 Å². The lowest BCUT2D eigenvalue weighted by Crippen LogP contribution is -2.31. The monoisotopic (exact) mass is 350 g/mol. The molecule has 134 valence electrons. The Balaban J connectivity index is 1.63. The zero-order valence-electron chi connectivity index (χ0n) is 15.0. The summed E-state index contributed by atoms with van der Waals surface area (Å²) in [6.45, 7) is 3.90. The van der Waals surface area contributed by atoms with Gasteiger partial charge in [-0.3, -0.25) is 4.98 Å². The smallest absolute Gasteiger partial charge is 0.180 e. The zero-order valence-corrected chi connectivity index (χ0v) is 15.0. The number of nitrogens with zero attached hydrogens (tertiary/aromatic N) is 3. The molecule has 1 unspecified atom stereocenters. The first-order chi connectivity index (χ1) is 12.5. The van der Waals surface area contributed by atoms with E-state index in [0.29, 0.717) is 18.1 Å². The second-order valence-electron chi connectivity index (χ2n) is 6.93. The van der Waals surface area contributed by atoms with Crippen LogP contribution in [0.5, 0.6) is 0 Å². The van der Waals surface area contributed by atoms with Gasteiger partial charge in [0.25, 0.3) is 0 Å². The van der Waals surface area contributed by atoms with Gasteiger partial charge in [0.05, 0.1) is 6.54 Å². The Kier molecular flexibility index (Phi) is 4.20. The van der Waals surface area contributed by atoms with Gasteiger partial charge in [0, 0.05) is 17.5 Å². The third kappa shape index (κ3) is 3.20. The lowest BCUT2D eigenvalue weighted by molar-refractivity contribution is 0.0467. The molecule has 3 heterocycles. The van der Waals surface area contributed by atoms with Crippen molar-refractivity contribution in [3.8, 4) is 11.5 Å². The Morgan fingerprint density at radius 2 is 2.08 bits per heavy atom. The molecular weight excluding hydrogens is 328 g/mol. The molecule has 26 heavy (non-hydrogen) atoms. The van der Waals surface area contributed by atoms with Gasteiger partial charge < -0.3 is 14.8 Å². The molecule has 1 atom stereocenters. The highest BCUT2D eigenvalue weighted by Crippen LogP contribution is 2.30. The maximum Gasteiger partial charge on any atom is 0.180 e. The third-order valence-corrected chi connectivity index (χ3v) is 4.70. The Morgan fingerprint density at radius 3 is 2.81 bits per heavy atom. The maximum absolute atomic E-state index is 10.8. The van der Waals surface area contributed by atoms with Crippen LogP contribution in [0.25, 0.3) is 11.5 Å². The minimum Gasteiger partial charge on any atom is -0.463 e. The summed E-state index contributed by atoms with van der Waals surface area (Å²) < 4.78 is 5.59. The van der Waals surface area contributed by atoms with Crippen molar-refractivity contribution in [1.29, 1.82) is 0 Å². The Morgan fingerprint density at radius 1 is 1.19 bits per heavy atom. The summed E-state index contributed by atoms with van der Waals surface area (Å²) in [5.74, 6) is 2.71. The Labute approximate surface area is 152 Å². The standard InChI is InChI=1S/C20H22N4O2/c1-13-9-10-17(26-13)20(2,25)12-22-18-14-6-5-8-15(14)23-19(24-18)16-7-3-4-11-21-16/h3-4,7,9-11,25H,5-6,8,12H2,1-2H3,(H,22,23,24). The topological polar surface area (TPSA) is 84.1 Å². The van der Waals surface area contributed by atoms with Crippen molar-refractivity contribution in [2.24, 2.45) is 0 Å². The molecule has 0 spiro atoms. The SMILES string of the molecule is Cc1ccc(C(C)(O)CNc2nc(-c3ccccn3)nc3c2CCC3)o1. The fraction of sp³-hybridized carbons (Fsp3) is 0.350. The summed E-state index contributed by atoms with van der Waals surface area (Å²) in [4.78, 5) is 13.7. The number of pyridine rings is 1. The average Bonchev–Trinajstić information content (AvgIpc) is 3.29. The van der Waals surface area contributed by atoms with E-state index in [0.717, 1.165) is 47.8 Å². The van der Waals surface area contributed by atoms with Crippen molar-refractivity contribution in [2.75, 3.05) is 11.9 Å². The van der Waals surface area contributed by atoms with Crippen LogP contribution in [-0.4, -0.2) is 26.6 Å². The van der Waals surface area contributed by atoms with Crippen molar-refractivity contribution in [3.05, 3.63) is 59.3 Å². The molecule has 2 N–H and O–H groups in total. The lowest BCUT2D eigenvalue weighted by Gasteiger charge is -2.22. The molecule has 0 radical (unpaired) electrons. The van der Waals surface area contributed by atoms with Gasteiger partial charge in [-0.2, -0.15) is 0 Å². The van der Waals surface area contributed by atoms with Crippen LogP contribution in [0.4, 0.5) is 5.82 Å². The van der Waals surface area contributed by atoms with Crippen molar-refractivity contribution in [2.45, 2.75) is 38.7 Å². The summed E-state index contributed by atoms with van der Waals surface area (Å²) >= 11 is 0. The summed E-state index contributed by atoms with van der Waals surface area (Å²) in [5.41, 5.74) is 1.82. The second-order valence-corrected chi connectivity index (χ2v) is 6.93. The fourth-order valence-electron chi connectivity index (χ4n) is 3.26. The van der Waals surface area contributed by atoms with Crippen molar-refractivity contribution < 1.29 is 9.52 Å². The van der Waals surface area contributed by atoms with E-state index in [4.69, 9.17) is 14.4 Å². The fourth-order valence-corrected chi connectivity index (χ4v) is 3.26. The molecule has 0 bridgehead atoms. The van der Waals surface area contributed by atoms with E-state index in [1.165, 1.54) is 0 Å². The van der Waals surface area contributed by atoms with Crippen LogP contribution in [0, 0.1) is 6.92 Å². The zero-order chi connectivity index (χ0) is 18.1. The van der Waals surface area contributed by atoms with Crippen molar-refractivity contribution >= 4 is 5.82 Å². The van der Waals surface area contributed by atoms with Gasteiger partial charge in [-0.05, 0) is 57.4 Å². The van der Waals surface area contributed by atoms with E-state index in [1.807, 2.05) is 31.2 Å². The summed E-state index contributed by atoms with van der Waals surface area (Å²) in [6, 6.07) is 9.36. The average molecular weight is 350 g/mol. The number of aromatic nitrogens is 3. The molecule has 0 aromatic carbocycles. The van der Waals surface area contributed by atoms with Crippen LogP contribution < -0.4 is 5.32 Å². The largest absolute Gasteiger partial charge is 0.463 e. The minimum absolute atomic E-state index is 0.297. The number of furan rings is 1. The van der Waals surface area contributed by atoms with E-state index < -0.39 is 5.60 Å². The van der Waals surface area contributed by atoms with E-state index >= 15 is 0 Å². The molecule has 0 saturated heterocycles. The first kappa shape index (κ1) is 16.7. The number of anilines is 1. The van der Waals surface area contributed by atoms with Gasteiger partial charge in [0.15, 0.2) is 5.82 Å². The van der Waals surface area contributed by atoms with Crippen molar-refractivity contribution in [3.63, 3.8) is 0 Å².